The van der Waals surface area contributed by atoms with Crippen molar-refractivity contribution in [1.82, 2.24) is 0 Å². The van der Waals surface area contributed by atoms with Crippen LogP contribution in [0.5, 0.6) is 0 Å². The van der Waals surface area contributed by atoms with Crippen LogP contribution in [0.2, 0.25) is 0 Å². The molecule has 25 heavy (non-hydrogen) atoms. The van der Waals surface area contributed by atoms with E-state index in [0.29, 0.717) is 6.42 Å². The Bertz CT molecular complexity index is 526. The molecule has 1 rings (SSSR count). The number of carbonyl (C=O) groups is 2. The van der Waals surface area contributed by atoms with Gasteiger partial charge in [0.1, 0.15) is 24.4 Å². The topological polar surface area (TPSA) is 154 Å². The summed E-state index contributed by atoms with van der Waals surface area (Å²) in [5.41, 5.74) is 0.149. The maximum Gasteiger partial charge on any atom is 0.336 e. The molecular weight excluding hydrogens is 336 g/mol. The fourth-order valence-corrected chi connectivity index (χ4v) is 2.03. The second kappa shape index (κ2) is 9.64. The van der Waals surface area contributed by atoms with E-state index in [2.05, 4.69) is 0 Å². The quantitative estimate of drug-likeness (QED) is 0.217. The van der Waals surface area contributed by atoms with Gasteiger partial charge in [-0.3, -0.25) is 4.79 Å². The van der Waals surface area contributed by atoms with E-state index in [9.17, 15) is 24.9 Å². The van der Waals surface area contributed by atoms with E-state index < -0.39 is 55.2 Å². The van der Waals surface area contributed by atoms with Gasteiger partial charge < -0.3 is 35.0 Å². The van der Waals surface area contributed by atoms with Gasteiger partial charge in [-0.25, -0.2) is 4.79 Å². The number of carboxylic acids is 1. The number of rotatable bonds is 7. The average Bonchev–Trinajstić information content (AvgIpc) is 2.58. The summed E-state index contributed by atoms with van der Waals surface area (Å²) in [4.78, 5) is 22.6. The molecule has 9 nitrogen and oxygen atoms in total. The van der Waals surface area contributed by atoms with E-state index in [-0.39, 0.29) is 5.57 Å². The zero-order valence-corrected chi connectivity index (χ0v) is 14.0. The molecule has 0 bridgehead atoms. The predicted molar refractivity (Wildman–Crippen MR) is 84.2 cm³/mol. The lowest BCUT2D eigenvalue weighted by Gasteiger charge is -2.39. The van der Waals surface area contributed by atoms with E-state index in [4.69, 9.17) is 19.7 Å². The molecule has 1 aliphatic rings. The van der Waals surface area contributed by atoms with Gasteiger partial charge in [0, 0.05) is 5.57 Å². The number of aliphatic hydroxyl groups is 4. The smallest absolute Gasteiger partial charge is 0.336 e. The molecule has 1 saturated heterocycles. The van der Waals surface area contributed by atoms with Gasteiger partial charge in [-0.2, -0.15) is 0 Å². The Labute approximate surface area is 144 Å². The Balaban J connectivity index is 2.63. The van der Waals surface area contributed by atoms with Crippen molar-refractivity contribution in [2.75, 3.05) is 6.61 Å². The van der Waals surface area contributed by atoms with Crippen LogP contribution < -0.4 is 0 Å². The molecule has 0 aromatic rings. The molecule has 0 aliphatic carbocycles. The monoisotopic (exact) mass is 360 g/mol. The van der Waals surface area contributed by atoms with Crippen molar-refractivity contribution < 1.29 is 44.6 Å². The lowest BCUT2D eigenvalue weighted by atomic mass is 9.99. The summed E-state index contributed by atoms with van der Waals surface area (Å²) in [5.74, 6) is -2.31. The summed E-state index contributed by atoms with van der Waals surface area (Å²) in [5, 5.41) is 46.9. The molecule has 0 spiro atoms. The maximum atomic E-state index is 12.0. The second-order valence-corrected chi connectivity index (χ2v) is 5.86. The number of allylic oxidation sites excluding steroid dienone is 3. The summed E-state index contributed by atoms with van der Waals surface area (Å²) in [7, 11) is 0. The number of ether oxygens (including phenoxy) is 2. The average molecular weight is 360 g/mol. The van der Waals surface area contributed by atoms with Crippen molar-refractivity contribution in [3.8, 4) is 0 Å². The zero-order chi connectivity index (χ0) is 19.1. The maximum absolute atomic E-state index is 12.0. The van der Waals surface area contributed by atoms with Crippen LogP contribution in [0.4, 0.5) is 0 Å². The van der Waals surface area contributed by atoms with E-state index >= 15 is 0 Å². The van der Waals surface area contributed by atoms with Crippen LogP contribution in [0.3, 0.4) is 0 Å². The Kier molecular flexibility index (Phi) is 8.20. The fraction of sp³-hybridized carbons (Fsp3) is 0.625. The highest BCUT2D eigenvalue weighted by Gasteiger charge is 2.45. The number of aliphatic hydroxyl groups excluding tert-OH is 4. The van der Waals surface area contributed by atoms with Crippen LogP contribution in [0.25, 0.3) is 0 Å². The number of hydrogen-bond donors (Lipinski definition) is 5. The van der Waals surface area contributed by atoms with Gasteiger partial charge in [0.05, 0.1) is 12.5 Å². The number of aliphatic carboxylic acids is 1. The highest BCUT2D eigenvalue weighted by atomic mass is 16.7. The normalized spacial score (nSPS) is 31.8. The molecule has 0 saturated carbocycles. The van der Waals surface area contributed by atoms with Gasteiger partial charge in [0.15, 0.2) is 0 Å². The van der Waals surface area contributed by atoms with E-state index in [0.717, 1.165) is 0 Å². The van der Waals surface area contributed by atoms with Gasteiger partial charge >= 0.3 is 11.9 Å². The molecule has 1 aliphatic heterocycles. The summed E-state index contributed by atoms with van der Waals surface area (Å²) in [6, 6.07) is 0. The lowest BCUT2D eigenvalue weighted by molar-refractivity contribution is -0.291. The molecule has 0 aromatic heterocycles. The zero-order valence-electron chi connectivity index (χ0n) is 14.0. The van der Waals surface area contributed by atoms with Crippen LogP contribution in [0.1, 0.15) is 20.3 Å². The Morgan fingerprint density at radius 1 is 1.20 bits per heavy atom. The van der Waals surface area contributed by atoms with Crippen molar-refractivity contribution in [1.29, 1.82) is 0 Å². The van der Waals surface area contributed by atoms with E-state index in [1.807, 2.05) is 0 Å². The van der Waals surface area contributed by atoms with Gasteiger partial charge in [-0.15, -0.1) is 0 Å². The SMILES string of the molecule is CC(=CC=CCC(C)C(=O)O)C(=O)OC1OC(CO)C(O)C(O)C1O. The largest absolute Gasteiger partial charge is 0.481 e. The molecule has 1 fully saturated rings. The molecular formula is C16H24O9. The molecule has 6 atom stereocenters. The molecule has 5 N–H and O–H groups in total. The first-order chi connectivity index (χ1) is 11.7. The molecule has 6 unspecified atom stereocenters. The van der Waals surface area contributed by atoms with E-state index in [1.165, 1.54) is 19.1 Å². The molecule has 0 aromatic carbocycles. The molecule has 0 radical (unpaired) electrons. The van der Waals surface area contributed by atoms with Crippen LogP contribution >= 0.6 is 0 Å². The number of carboxylic acid groups (broad SMARTS) is 1. The number of carbonyl (C=O) groups excluding carboxylic acids is 1. The third-order valence-corrected chi connectivity index (χ3v) is 3.79. The van der Waals surface area contributed by atoms with Crippen LogP contribution in [0, 0.1) is 5.92 Å². The van der Waals surface area contributed by atoms with Gasteiger partial charge in [-0.05, 0) is 13.3 Å². The minimum atomic E-state index is -1.67. The fourth-order valence-electron chi connectivity index (χ4n) is 2.03. The summed E-state index contributed by atoms with van der Waals surface area (Å²) in [6.07, 6.45) is -2.76. The predicted octanol–water partition coefficient (Wildman–Crippen LogP) is -1.06. The summed E-state index contributed by atoms with van der Waals surface area (Å²) < 4.78 is 10.0. The summed E-state index contributed by atoms with van der Waals surface area (Å²) >= 11 is 0. The minimum absolute atomic E-state index is 0.149. The minimum Gasteiger partial charge on any atom is -0.481 e. The van der Waals surface area contributed by atoms with Crippen LogP contribution in [0.15, 0.2) is 23.8 Å². The van der Waals surface area contributed by atoms with Crippen molar-refractivity contribution in [2.45, 2.75) is 51.0 Å². The van der Waals surface area contributed by atoms with Gasteiger partial charge in [0.25, 0.3) is 0 Å². The Hall–Kier alpha value is -1.78. The lowest BCUT2D eigenvalue weighted by Crippen LogP contribution is -2.59. The first kappa shape index (κ1) is 21.3. The first-order valence-corrected chi connectivity index (χ1v) is 7.76. The molecule has 142 valence electrons. The first-order valence-electron chi connectivity index (χ1n) is 7.76. The van der Waals surface area contributed by atoms with Crippen molar-refractivity contribution in [3.63, 3.8) is 0 Å². The van der Waals surface area contributed by atoms with Crippen LogP contribution in [-0.4, -0.2) is 74.8 Å². The van der Waals surface area contributed by atoms with Gasteiger partial charge in [-0.1, -0.05) is 25.2 Å². The highest BCUT2D eigenvalue weighted by molar-refractivity contribution is 5.88. The Morgan fingerprint density at radius 2 is 1.84 bits per heavy atom. The molecule has 0 amide bonds. The summed E-state index contributed by atoms with van der Waals surface area (Å²) in [6.45, 7) is 2.37. The van der Waals surface area contributed by atoms with Crippen LogP contribution in [-0.2, 0) is 19.1 Å². The molecule has 1 heterocycles. The van der Waals surface area contributed by atoms with Gasteiger partial charge in [0.2, 0.25) is 6.29 Å². The molecule has 9 heteroatoms. The Morgan fingerprint density at radius 3 is 2.40 bits per heavy atom. The number of hydrogen-bond acceptors (Lipinski definition) is 8. The third kappa shape index (κ3) is 5.91. The highest BCUT2D eigenvalue weighted by Crippen LogP contribution is 2.22. The van der Waals surface area contributed by atoms with Crippen molar-refractivity contribution in [3.05, 3.63) is 23.8 Å². The third-order valence-electron chi connectivity index (χ3n) is 3.79. The number of esters is 1. The second-order valence-electron chi connectivity index (χ2n) is 5.86. The van der Waals surface area contributed by atoms with E-state index in [1.54, 1.807) is 13.0 Å². The van der Waals surface area contributed by atoms with Crippen molar-refractivity contribution in [2.24, 2.45) is 5.92 Å². The standard InChI is InChI=1S/C16H24O9/c1-8(14(21)22)5-3-4-6-9(2)15(23)25-16-13(20)12(19)11(18)10(7-17)24-16/h3-4,6,8,10-13,16-20H,5,7H2,1-2H3,(H,21,22). The van der Waals surface area contributed by atoms with Crippen molar-refractivity contribution >= 4 is 11.9 Å².